The second-order valence-electron chi connectivity index (χ2n) is 3.82. The predicted molar refractivity (Wildman–Crippen MR) is 70.6 cm³/mol. The summed E-state index contributed by atoms with van der Waals surface area (Å²) in [7, 11) is 0. The number of carbonyl (C=O) groups is 2. The Labute approximate surface area is 118 Å². The van der Waals surface area contributed by atoms with E-state index in [4.69, 9.17) is 16.7 Å². The highest BCUT2D eigenvalue weighted by molar-refractivity contribution is 6.29. The van der Waals surface area contributed by atoms with Crippen molar-refractivity contribution in [2.45, 2.75) is 0 Å². The molecule has 7 heteroatoms. The molecule has 1 aromatic carbocycles. The molecule has 1 heterocycles. The van der Waals surface area contributed by atoms with Crippen LogP contribution < -0.4 is 5.32 Å². The molecule has 102 valence electrons. The maximum Gasteiger partial charge on any atom is 0.337 e. The second kappa shape index (κ2) is 5.66. The van der Waals surface area contributed by atoms with Crippen molar-refractivity contribution in [2.24, 2.45) is 0 Å². The van der Waals surface area contributed by atoms with E-state index < -0.39 is 17.7 Å². The first kappa shape index (κ1) is 14.0. The fourth-order valence-corrected chi connectivity index (χ4v) is 1.62. The molecule has 0 aliphatic heterocycles. The Kier molecular flexibility index (Phi) is 3.95. The average Bonchev–Trinajstić information content (AvgIpc) is 2.39. The number of aromatic nitrogens is 1. The Morgan fingerprint density at radius 1 is 1.25 bits per heavy atom. The minimum absolute atomic E-state index is 0.127. The standard InChI is InChI=1S/C13H8ClFN2O3/c14-11-4-1-7(6-16-11)12(18)17-10-5-8(15)2-3-9(10)13(19)20/h1-6H,(H,17,18)(H,19,20). The minimum Gasteiger partial charge on any atom is -0.478 e. The van der Waals surface area contributed by atoms with Crippen LogP contribution in [-0.4, -0.2) is 22.0 Å². The summed E-state index contributed by atoms with van der Waals surface area (Å²) in [4.78, 5) is 26.6. The molecule has 0 radical (unpaired) electrons. The molecule has 2 aromatic rings. The number of pyridine rings is 1. The van der Waals surface area contributed by atoms with Gasteiger partial charge >= 0.3 is 5.97 Å². The van der Waals surface area contributed by atoms with Crippen molar-refractivity contribution in [1.29, 1.82) is 0 Å². The molecule has 0 fully saturated rings. The monoisotopic (exact) mass is 294 g/mol. The highest BCUT2D eigenvalue weighted by Crippen LogP contribution is 2.18. The average molecular weight is 295 g/mol. The van der Waals surface area contributed by atoms with Gasteiger partial charge < -0.3 is 10.4 Å². The fourth-order valence-electron chi connectivity index (χ4n) is 1.51. The van der Waals surface area contributed by atoms with Gasteiger partial charge in [0.05, 0.1) is 16.8 Å². The molecule has 0 aliphatic carbocycles. The maximum absolute atomic E-state index is 13.1. The Hall–Kier alpha value is -2.47. The van der Waals surface area contributed by atoms with E-state index in [9.17, 15) is 14.0 Å². The first-order valence-corrected chi connectivity index (χ1v) is 5.81. The van der Waals surface area contributed by atoms with Crippen molar-refractivity contribution in [3.8, 4) is 0 Å². The van der Waals surface area contributed by atoms with E-state index in [1.54, 1.807) is 0 Å². The van der Waals surface area contributed by atoms with Gasteiger partial charge in [-0.15, -0.1) is 0 Å². The van der Waals surface area contributed by atoms with Crippen LogP contribution in [0.25, 0.3) is 0 Å². The van der Waals surface area contributed by atoms with Crippen LogP contribution in [0.5, 0.6) is 0 Å². The summed E-state index contributed by atoms with van der Waals surface area (Å²) in [5.74, 6) is -2.53. The van der Waals surface area contributed by atoms with Gasteiger partial charge in [0.25, 0.3) is 5.91 Å². The zero-order chi connectivity index (χ0) is 14.7. The van der Waals surface area contributed by atoms with Crippen molar-refractivity contribution in [3.63, 3.8) is 0 Å². The number of benzene rings is 1. The largest absolute Gasteiger partial charge is 0.478 e. The number of hydrogen-bond acceptors (Lipinski definition) is 3. The van der Waals surface area contributed by atoms with Gasteiger partial charge in [0.2, 0.25) is 0 Å². The van der Waals surface area contributed by atoms with Crippen LogP contribution >= 0.6 is 11.6 Å². The summed E-state index contributed by atoms with van der Waals surface area (Å²) in [6, 6.07) is 5.85. The Balaban J connectivity index is 2.29. The first-order chi connectivity index (χ1) is 9.47. The molecule has 0 unspecified atom stereocenters. The van der Waals surface area contributed by atoms with Gasteiger partial charge in [-0.2, -0.15) is 0 Å². The summed E-state index contributed by atoms with van der Waals surface area (Å²) in [5.41, 5.74) is -0.158. The Morgan fingerprint density at radius 3 is 2.60 bits per heavy atom. The second-order valence-corrected chi connectivity index (χ2v) is 4.21. The van der Waals surface area contributed by atoms with E-state index in [-0.39, 0.29) is 22.0 Å². The molecule has 0 aliphatic rings. The third-order valence-electron chi connectivity index (χ3n) is 2.45. The lowest BCUT2D eigenvalue weighted by molar-refractivity contribution is 0.0698. The third kappa shape index (κ3) is 3.10. The van der Waals surface area contributed by atoms with Gasteiger partial charge in [-0.25, -0.2) is 14.2 Å². The number of hydrogen-bond donors (Lipinski definition) is 2. The van der Waals surface area contributed by atoms with Crippen LogP contribution in [0.3, 0.4) is 0 Å². The van der Waals surface area contributed by atoms with Gasteiger partial charge in [-0.3, -0.25) is 4.79 Å². The van der Waals surface area contributed by atoms with Crippen LogP contribution in [0.2, 0.25) is 5.15 Å². The number of nitrogens with zero attached hydrogens (tertiary/aromatic N) is 1. The van der Waals surface area contributed by atoms with Gasteiger partial charge in [0.1, 0.15) is 11.0 Å². The van der Waals surface area contributed by atoms with Gasteiger partial charge in [0.15, 0.2) is 0 Å². The molecule has 1 amide bonds. The Bertz CT molecular complexity index is 674. The summed E-state index contributed by atoms with van der Waals surface area (Å²) >= 11 is 5.59. The Morgan fingerprint density at radius 2 is 2.00 bits per heavy atom. The SMILES string of the molecule is O=C(Nc1cc(F)ccc1C(=O)O)c1ccc(Cl)nc1. The topological polar surface area (TPSA) is 79.3 Å². The highest BCUT2D eigenvalue weighted by atomic mass is 35.5. The quantitative estimate of drug-likeness (QED) is 0.853. The number of halogens is 2. The van der Waals surface area contributed by atoms with Crippen molar-refractivity contribution < 1.29 is 19.1 Å². The van der Waals surface area contributed by atoms with Gasteiger partial charge in [-0.1, -0.05) is 11.6 Å². The van der Waals surface area contributed by atoms with E-state index in [0.717, 1.165) is 18.2 Å². The van der Waals surface area contributed by atoms with E-state index in [1.165, 1.54) is 18.3 Å². The maximum atomic E-state index is 13.1. The first-order valence-electron chi connectivity index (χ1n) is 5.43. The lowest BCUT2D eigenvalue weighted by Gasteiger charge is -2.08. The van der Waals surface area contributed by atoms with Crippen molar-refractivity contribution in [2.75, 3.05) is 5.32 Å². The zero-order valence-corrected chi connectivity index (χ0v) is 10.7. The van der Waals surface area contributed by atoms with Crippen LogP contribution in [0, 0.1) is 5.82 Å². The summed E-state index contributed by atoms with van der Waals surface area (Å²) < 4.78 is 13.1. The van der Waals surface area contributed by atoms with Gasteiger partial charge in [0, 0.05) is 6.20 Å². The van der Waals surface area contributed by atoms with E-state index in [1.807, 2.05) is 0 Å². The molecule has 0 atom stereocenters. The number of carbonyl (C=O) groups excluding carboxylic acids is 1. The van der Waals surface area contributed by atoms with Crippen LogP contribution in [0.15, 0.2) is 36.5 Å². The van der Waals surface area contributed by atoms with Crippen LogP contribution in [0.4, 0.5) is 10.1 Å². The van der Waals surface area contributed by atoms with Crippen LogP contribution in [0.1, 0.15) is 20.7 Å². The number of carboxylic acid groups (broad SMARTS) is 1. The molecule has 2 rings (SSSR count). The molecule has 2 N–H and O–H groups in total. The normalized spacial score (nSPS) is 10.1. The lowest BCUT2D eigenvalue weighted by atomic mass is 10.1. The smallest absolute Gasteiger partial charge is 0.337 e. The number of carboxylic acids is 1. The molecule has 0 saturated heterocycles. The lowest BCUT2D eigenvalue weighted by Crippen LogP contribution is -2.15. The molecule has 5 nitrogen and oxygen atoms in total. The summed E-state index contributed by atoms with van der Waals surface area (Å²) in [5, 5.41) is 11.5. The zero-order valence-electron chi connectivity index (χ0n) is 9.93. The van der Waals surface area contributed by atoms with E-state index in [0.29, 0.717) is 0 Å². The van der Waals surface area contributed by atoms with Crippen LogP contribution in [-0.2, 0) is 0 Å². The summed E-state index contributed by atoms with van der Waals surface area (Å²) in [6.45, 7) is 0. The number of amides is 1. The van der Waals surface area contributed by atoms with E-state index in [2.05, 4.69) is 10.3 Å². The number of nitrogens with one attached hydrogen (secondary N) is 1. The molecule has 0 spiro atoms. The molecule has 0 bridgehead atoms. The molecular weight excluding hydrogens is 287 g/mol. The van der Waals surface area contributed by atoms with Crippen molar-refractivity contribution >= 4 is 29.2 Å². The highest BCUT2D eigenvalue weighted by Gasteiger charge is 2.14. The minimum atomic E-state index is -1.27. The molecule has 1 aromatic heterocycles. The summed E-state index contributed by atoms with van der Waals surface area (Å²) in [6.07, 6.45) is 1.23. The van der Waals surface area contributed by atoms with Crippen molar-refractivity contribution in [3.05, 3.63) is 58.6 Å². The molecule has 20 heavy (non-hydrogen) atoms. The molecule has 0 saturated carbocycles. The third-order valence-corrected chi connectivity index (χ3v) is 2.67. The number of rotatable bonds is 3. The van der Waals surface area contributed by atoms with Crippen molar-refractivity contribution in [1.82, 2.24) is 4.98 Å². The van der Waals surface area contributed by atoms with Gasteiger partial charge in [-0.05, 0) is 30.3 Å². The predicted octanol–water partition coefficient (Wildman–Crippen LogP) is 2.82. The molecular formula is C13H8ClFN2O3. The fraction of sp³-hybridized carbons (Fsp3) is 0. The number of aromatic carboxylic acids is 1. The number of anilines is 1. The van der Waals surface area contributed by atoms with E-state index >= 15 is 0 Å².